The second-order valence-corrected chi connectivity index (χ2v) is 4.13. The highest BCUT2D eigenvalue weighted by atomic mass is 19.1. The number of carbonyl (C=O) groups is 1. The van der Waals surface area contributed by atoms with Crippen LogP contribution in [0.2, 0.25) is 0 Å². The zero-order valence-corrected chi connectivity index (χ0v) is 10.5. The largest absolute Gasteiger partial charge is 0.496 e. The van der Waals surface area contributed by atoms with Gasteiger partial charge in [-0.2, -0.15) is 0 Å². The van der Waals surface area contributed by atoms with Crippen molar-refractivity contribution in [2.75, 3.05) is 7.11 Å². The predicted molar refractivity (Wildman–Crippen MR) is 67.5 cm³/mol. The van der Waals surface area contributed by atoms with E-state index in [1.165, 1.54) is 13.2 Å². The molecule has 0 aliphatic carbocycles. The quantitative estimate of drug-likeness (QED) is 0.791. The van der Waals surface area contributed by atoms with E-state index in [9.17, 15) is 13.6 Å². The second kappa shape index (κ2) is 5.18. The third-order valence-corrected chi connectivity index (χ3v) is 2.79. The van der Waals surface area contributed by atoms with Gasteiger partial charge >= 0.3 is 0 Å². The van der Waals surface area contributed by atoms with Gasteiger partial charge in [-0.3, -0.25) is 4.79 Å². The Labute approximate surface area is 109 Å². The van der Waals surface area contributed by atoms with E-state index in [2.05, 4.69) is 0 Å². The lowest BCUT2D eigenvalue weighted by atomic mass is 10.00. The summed E-state index contributed by atoms with van der Waals surface area (Å²) in [5, 5.41) is 0. The molecule has 0 unspecified atom stereocenters. The molecule has 0 spiro atoms. The van der Waals surface area contributed by atoms with Crippen molar-refractivity contribution in [3.8, 4) is 5.75 Å². The third-order valence-electron chi connectivity index (χ3n) is 2.79. The van der Waals surface area contributed by atoms with Crippen LogP contribution in [0, 0.1) is 18.6 Å². The number of rotatable bonds is 3. The van der Waals surface area contributed by atoms with Crippen LogP contribution in [0.15, 0.2) is 36.4 Å². The average Bonchev–Trinajstić information content (AvgIpc) is 2.38. The highest BCUT2D eigenvalue weighted by molar-refractivity contribution is 6.11. The molecule has 0 aromatic heterocycles. The summed E-state index contributed by atoms with van der Waals surface area (Å²) in [6, 6.07) is 8.23. The predicted octanol–water partition coefficient (Wildman–Crippen LogP) is 3.51. The highest BCUT2D eigenvalue weighted by Crippen LogP contribution is 2.25. The maximum atomic E-state index is 13.6. The second-order valence-electron chi connectivity index (χ2n) is 4.13. The van der Waals surface area contributed by atoms with Crippen LogP contribution in [-0.4, -0.2) is 12.9 Å². The van der Waals surface area contributed by atoms with Crippen LogP contribution < -0.4 is 4.74 Å². The van der Waals surface area contributed by atoms with Crippen LogP contribution in [0.1, 0.15) is 21.5 Å². The molecule has 2 nitrogen and oxygen atoms in total. The summed E-state index contributed by atoms with van der Waals surface area (Å²) in [6.07, 6.45) is 0. The molecule has 4 heteroatoms. The van der Waals surface area contributed by atoms with Gasteiger partial charge in [-0.05, 0) is 31.2 Å². The van der Waals surface area contributed by atoms with Gasteiger partial charge in [0.25, 0.3) is 0 Å². The Balaban J connectivity index is 2.59. The number of carbonyl (C=O) groups excluding carboxylic acids is 1. The molecule has 2 aromatic carbocycles. The standard InChI is InChI=1S/C15H12F2O2/c1-9-6-7-13(19-2)10(8-9)15(18)14-11(16)4-3-5-12(14)17/h3-8H,1-2H3. The third kappa shape index (κ3) is 2.47. The lowest BCUT2D eigenvalue weighted by Gasteiger charge is -2.09. The van der Waals surface area contributed by atoms with E-state index in [1.807, 2.05) is 0 Å². The molecular weight excluding hydrogens is 250 g/mol. The van der Waals surface area contributed by atoms with Gasteiger partial charge in [0.05, 0.1) is 18.2 Å². The maximum absolute atomic E-state index is 13.6. The summed E-state index contributed by atoms with van der Waals surface area (Å²) >= 11 is 0. The zero-order valence-electron chi connectivity index (χ0n) is 10.5. The first-order chi connectivity index (χ1) is 9.04. The zero-order chi connectivity index (χ0) is 14.0. The van der Waals surface area contributed by atoms with E-state index >= 15 is 0 Å². The number of benzene rings is 2. The molecule has 0 radical (unpaired) electrons. The molecule has 2 rings (SSSR count). The summed E-state index contributed by atoms with van der Waals surface area (Å²) in [6.45, 7) is 1.79. The van der Waals surface area contributed by atoms with Crippen LogP contribution >= 0.6 is 0 Å². The molecule has 98 valence electrons. The van der Waals surface area contributed by atoms with Crippen molar-refractivity contribution in [1.82, 2.24) is 0 Å². The van der Waals surface area contributed by atoms with Crippen molar-refractivity contribution >= 4 is 5.78 Å². The van der Waals surface area contributed by atoms with Crippen molar-refractivity contribution in [2.24, 2.45) is 0 Å². The fourth-order valence-corrected chi connectivity index (χ4v) is 1.85. The van der Waals surface area contributed by atoms with Gasteiger partial charge < -0.3 is 4.74 Å². The lowest BCUT2D eigenvalue weighted by Crippen LogP contribution is -2.09. The van der Waals surface area contributed by atoms with Gasteiger partial charge in [0.1, 0.15) is 17.4 Å². The van der Waals surface area contributed by atoms with Crippen LogP contribution in [0.25, 0.3) is 0 Å². The Morgan fingerprint density at radius 1 is 1.11 bits per heavy atom. The lowest BCUT2D eigenvalue weighted by molar-refractivity contribution is 0.102. The summed E-state index contributed by atoms with van der Waals surface area (Å²) < 4.78 is 32.3. The van der Waals surface area contributed by atoms with E-state index < -0.39 is 23.0 Å². The van der Waals surface area contributed by atoms with Crippen molar-refractivity contribution in [3.63, 3.8) is 0 Å². The minimum Gasteiger partial charge on any atom is -0.496 e. The SMILES string of the molecule is COc1ccc(C)cc1C(=O)c1c(F)cccc1F. The Kier molecular flexibility index (Phi) is 3.60. The van der Waals surface area contributed by atoms with Gasteiger partial charge in [-0.25, -0.2) is 8.78 Å². The number of halogens is 2. The molecule has 0 aliphatic heterocycles. The van der Waals surface area contributed by atoms with Gasteiger partial charge in [-0.1, -0.05) is 17.7 Å². The van der Waals surface area contributed by atoms with Crippen LogP contribution in [-0.2, 0) is 0 Å². The highest BCUT2D eigenvalue weighted by Gasteiger charge is 2.21. The molecule has 2 aromatic rings. The van der Waals surface area contributed by atoms with E-state index in [-0.39, 0.29) is 5.56 Å². The van der Waals surface area contributed by atoms with Crippen molar-refractivity contribution in [1.29, 1.82) is 0 Å². The smallest absolute Gasteiger partial charge is 0.202 e. The first kappa shape index (κ1) is 13.2. The first-order valence-corrected chi connectivity index (χ1v) is 5.68. The number of aryl methyl sites for hydroxylation is 1. The summed E-state index contributed by atoms with van der Waals surface area (Å²) in [4.78, 5) is 12.3. The first-order valence-electron chi connectivity index (χ1n) is 5.68. The van der Waals surface area contributed by atoms with Crippen molar-refractivity contribution in [3.05, 3.63) is 64.7 Å². The normalized spacial score (nSPS) is 10.3. The molecular formula is C15H12F2O2. The number of hydrogen-bond acceptors (Lipinski definition) is 2. The summed E-state index contributed by atoms with van der Waals surface area (Å²) in [7, 11) is 1.40. The van der Waals surface area contributed by atoms with E-state index in [0.717, 1.165) is 17.7 Å². The number of ketones is 1. The maximum Gasteiger partial charge on any atom is 0.202 e. The van der Waals surface area contributed by atoms with E-state index in [1.54, 1.807) is 25.1 Å². The summed E-state index contributed by atoms with van der Waals surface area (Å²) in [5.41, 5.74) is 0.388. The molecule has 0 aliphatic rings. The molecule has 0 N–H and O–H groups in total. The van der Waals surface area contributed by atoms with E-state index in [4.69, 9.17) is 4.74 Å². The topological polar surface area (TPSA) is 26.3 Å². The van der Waals surface area contributed by atoms with Gasteiger partial charge in [0.2, 0.25) is 5.78 Å². The Morgan fingerprint density at radius 2 is 1.74 bits per heavy atom. The Hall–Kier alpha value is -2.23. The van der Waals surface area contributed by atoms with Gasteiger partial charge in [0, 0.05) is 0 Å². The minimum atomic E-state index is -0.881. The van der Waals surface area contributed by atoms with Crippen LogP contribution in [0.3, 0.4) is 0 Å². The fourth-order valence-electron chi connectivity index (χ4n) is 1.85. The number of methoxy groups -OCH3 is 1. The molecule has 0 bridgehead atoms. The Bertz CT molecular complexity index is 616. The average molecular weight is 262 g/mol. The molecule has 0 heterocycles. The van der Waals surface area contributed by atoms with Gasteiger partial charge in [0.15, 0.2) is 0 Å². The molecule has 0 amide bonds. The number of ether oxygens (including phenoxy) is 1. The molecule has 0 fully saturated rings. The minimum absolute atomic E-state index is 0.145. The van der Waals surface area contributed by atoms with Gasteiger partial charge in [-0.15, -0.1) is 0 Å². The summed E-state index contributed by atoms with van der Waals surface area (Å²) in [5.74, 6) is -2.20. The molecule has 0 saturated carbocycles. The molecule has 0 saturated heterocycles. The van der Waals surface area contributed by atoms with Crippen LogP contribution in [0.5, 0.6) is 5.75 Å². The van der Waals surface area contributed by atoms with Crippen LogP contribution in [0.4, 0.5) is 8.78 Å². The van der Waals surface area contributed by atoms with E-state index in [0.29, 0.717) is 5.75 Å². The van der Waals surface area contributed by atoms with Crippen molar-refractivity contribution < 1.29 is 18.3 Å². The monoisotopic (exact) mass is 262 g/mol. The van der Waals surface area contributed by atoms with Crippen molar-refractivity contribution in [2.45, 2.75) is 6.92 Å². The molecule has 19 heavy (non-hydrogen) atoms. The Morgan fingerprint density at radius 3 is 2.32 bits per heavy atom. The number of hydrogen-bond donors (Lipinski definition) is 0. The molecule has 0 atom stereocenters. The fraction of sp³-hybridized carbons (Fsp3) is 0.133.